The van der Waals surface area contributed by atoms with Gasteiger partial charge in [0.1, 0.15) is 0 Å². The van der Waals surface area contributed by atoms with E-state index < -0.39 is 0 Å². The number of rotatable bonds is 6. The average molecular weight is 274 g/mol. The lowest BCUT2D eigenvalue weighted by molar-refractivity contribution is -0.122. The molecule has 0 aromatic heterocycles. The fourth-order valence-electron chi connectivity index (χ4n) is 1.92. The summed E-state index contributed by atoms with van der Waals surface area (Å²) >= 11 is 0. The van der Waals surface area contributed by atoms with E-state index in [0.29, 0.717) is 6.42 Å². The van der Waals surface area contributed by atoms with Gasteiger partial charge in [0, 0.05) is 12.6 Å². The summed E-state index contributed by atoms with van der Waals surface area (Å²) in [5, 5.41) is 8.70. The monoisotopic (exact) mass is 274 g/mol. The maximum absolute atomic E-state index is 11.5. The van der Waals surface area contributed by atoms with Gasteiger partial charge in [-0.25, -0.2) is 5.84 Å². The highest BCUT2D eigenvalue weighted by molar-refractivity contribution is 5.82. The van der Waals surface area contributed by atoms with Crippen LogP contribution in [-0.4, -0.2) is 23.9 Å². The van der Waals surface area contributed by atoms with Crippen LogP contribution in [0.15, 0.2) is 24.3 Å². The molecule has 0 saturated heterocycles. The number of amides is 1. The number of nitrogens with one attached hydrogen (secondary N) is 1. The van der Waals surface area contributed by atoms with Gasteiger partial charge < -0.3 is 0 Å². The van der Waals surface area contributed by atoms with E-state index in [2.05, 4.69) is 16.4 Å². The SMILES string of the molecule is CC(C(=O)NN)c1ccc(CN(C)C(C)CC#N)cc1. The Morgan fingerprint density at radius 1 is 1.40 bits per heavy atom. The Kier molecular flexibility index (Phi) is 6.16. The van der Waals surface area contributed by atoms with Crippen LogP contribution < -0.4 is 11.3 Å². The molecule has 3 N–H and O–H groups in total. The summed E-state index contributed by atoms with van der Waals surface area (Å²) in [4.78, 5) is 13.6. The van der Waals surface area contributed by atoms with Crippen molar-refractivity contribution in [3.05, 3.63) is 35.4 Å². The molecule has 0 spiro atoms. The normalized spacial score (nSPS) is 13.6. The molecule has 0 fully saturated rings. The first-order chi connectivity index (χ1) is 9.49. The Morgan fingerprint density at radius 3 is 2.50 bits per heavy atom. The van der Waals surface area contributed by atoms with Crippen molar-refractivity contribution in [3.63, 3.8) is 0 Å². The molecule has 1 aromatic carbocycles. The van der Waals surface area contributed by atoms with Gasteiger partial charge in [0.2, 0.25) is 5.91 Å². The number of nitriles is 1. The molecular weight excluding hydrogens is 252 g/mol. The van der Waals surface area contributed by atoms with E-state index >= 15 is 0 Å². The molecule has 0 heterocycles. The Balaban J connectivity index is 2.68. The molecule has 1 rings (SSSR count). The van der Waals surface area contributed by atoms with Crippen LogP contribution in [0.2, 0.25) is 0 Å². The van der Waals surface area contributed by atoms with Crippen molar-refractivity contribution in [3.8, 4) is 6.07 Å². The van der Waals surface area contributed by atoms with E-state index in [4.69, 9.17) is 11.1 Å². The third-order valence-corrected chi connectivity index (χ3v) is 3.59. The van der Waals surface area contributed by atoms with Crippen LogP contribution >= 0.6 is 0 Å². The Labute approximate surface area is 120 Å². The first kappa shape index (κ1) is 16.2. The number of benzene rings is 1. The summed E-state index contributed by atoms with van der Waals surface area (Å²) in [5.74, 6) is 4.68. The predicted molar refractivity (Wildman–Crippen MR) is 78.3 cm³/mol. The molecule has 2 atom stereocenters. The number of carbonyl (C=O) groups excluding carboxylic acids is 1. The van der Waals surface area contributed by atoms with Crippen molar-refractivity contribution < 1.29 is 4.79 Å². The number of hydrogen-bond donors (Lipinski definition) is 2. The topological polar surface area (TPSA) is 82.2 Å². The Hall–Kier alpha value is -1.90. The van der Waals surface area contributed by atoms with Gasteiger partial charge >= 0.3 is 0 Å². The van der Waals surface area contributed by atoms with Crippen LogP contribution in [0.25, 0.3) is 0 Å². The number of nitrogens with zero attached hydrogens (tertiary/aromatic N) is 2. The van der Waals surface area contributed by atoms with Crippen LogP contribution in [0.5, 0.6) is 0 Å². The molecule has 108 valence electrons. The molecule has 2 unspecified atom stereocenters. The van der Waals surface area contributed by atoms with Crippen LogP contribution in [0.4, 0.5) is 0 Å². The molecule has 5 nitrogen and oxygen atoms in total. The summed E-state index contributed by atoms with van der Waals surface area (Å²) in [6, 6.07) is 10.3. The first-order valence-electron chi connectivity index (χ1n) is 6.66. The van der Waals surface area contributed by atoms with Gasteiger partial charge in [-0.3, -0.25) is 15.1 Å². The highest BCUT2D eigenvalue weighted by Crippen LogP contribution is 2.17. The summed E-state index contributed by atoms with van der Waals surface area (Å²) in [6.07, 6.45) is 0.516. The second kappa shape index (κ2) is 7.63. The molecular formula is C15H22N4O. The highest BCUT2D eigenvalue weighted by atomic mass is 16.2. The van der Waals surface area contributed by atoms with Gasteiger partial charge in [-0.2, -0.15) is 5.26 Å². The predicted octanol–water partition coefficient (Wildman–Crippen LogP) is 1.51. The van der Waals surface area contributed by atoms with E-state index in [0.717, 1.165) is 17.7 Å². The maximum Gasteiger partial charge on any atom is 0.241 e. The Bertz CT molecular complexity index is 478. The van der Waals surface area contributed by atoms with Crippen molar-refractivity contribution in [2.45, 2.75) is 38.8 Å². The molecule has 20 heavy (non-hydrogen) atoms. The van der Waals surface area contributed by atoms with Crippen molar-refractivity contribution in [2.75, 3.05) is 7.05 Å². The summed E-state index contributed by atoms with van der Waals surface area (Å²) in [6.45, 7) is 4.63. The van der Waals surface area contributed by atoms with E-state index in [1.165, 1.54) is 0 Å². The lowest BCUT2D eigenvalue weighted by Gasteiger charge is -2.22. The lowest BCUT2D eigenvalue weighted by Crippen LogP contribution is -2.33. The highest BCUT2D eigenvalue weighted by Gasteiger charge is 2.14. The fraction of sp³-hybridized carbons (Fsp3) is 0.467. The molecule has 0 bridgehead atoms. The molecule has 1 aromatic rings. The number of carbonyl (C=O) groups is 1. The Morgan fingerprint density at radius 2 is 2.00 bits per heavy atom. The first-order valence-corrected chi connectivity index (χ1v) is 6.66. The smallest absolute Gasteiger partial charge is 0.241 e. The summed E-state index contributed by atoms with van der Waals surface area (Å²) in [5.41, 5.74) is 4.25. The van der Waals surface area contributed by atoms with Crippen LogP contribution in [-0.2, 0) is 11.3 Å². The molecule has 0 aliphatic carbocycles. The van der Waals surface area contributed by atoms with Crippen molar-refractivity contribution in [1.29, 1.82) is 5.26 Å². The van der Waals surface area contributed by atoms with Crippen molar-refractivity contribution in [2.24, 2.45) is 5.84 Å². The molecule has 0 aliphatic rings. The minimum absolute atomic E-state index is 0.197. The summed E-state index contributed by atoms with van der Waals surface area (Å²) < 4.78 is 0. The van der Waals surface area contributed by atoms with E-state index in [-0.39, 0.29) is 17.9 Å². The van der Waals surface area contributed by atoms with Crippen LogP contribution in [0.1, 0.15) is 37.3 Å². The zero-order valence-corrected chi connectivity index (χ0v) is 12.3. The number of nitrogens with two attached hydrogens (primary N) is 1. The van der Waals surface area contributed by atoms with Gasteiger partial charge in [0.15, 0.2) is 0 Å². The standard InChI is InChI=1S/C15H22N4O/c1-11(8-9-16)19(3)10-13-4-6-14(7-5-13)12(2)15(20)18-17/h4-7,11-12H,8,10,17H2,1-3H3,(H,18,20). The van der Waals surface area contributed by atoms with Gasteiger partial charge in [-0.05, 0) is 32.0 Å². The van der Waals surface area contributed by atoms with E-state index in [1.54, 1.807) is 0 Å². The quantitative estimate of drug-likeness (QED) is 0.468. The fourth-order valence-corrected chi connectivity index (χ4v) is 1.92. The van der Waals surface area contributed by atoms with Gasteiger partial charge in [0.05, 0.1) is 18.4 Å². The van der Waals surface area contributed by atoms with Crippen molar-refractivity contribution in [1.82, 2.24) is 10.3 Å². The van der Waals surface area contributed by atoms with Gasteiger partial charge in [-0.15, -0.1) is 0 Å². The summed E-state index contributed by atoms with van der Waals surface area (Å²) in [7, 11) is 2.00. The van der Waals surface area contributed by atoms with Gasteiger partial charge in [0.25, 0.3) is 0 Å². The van der Waals surface area contributed by atoms with Crippen molar-refractivity contribution >= 4 is 5.91 Å². The molecule has 0 aliphatic heterocycles. The minimum atomic E-state index is -0.260. The third kappa shape index (κ3) is 4.34. The lowest BCUT2D eigenvalue weighted by atomic mass is 9.99. The van der Waals surface area contributed by atoms with Gasteiger partial charge in [-0.1, -0.05) is 24.3 Å². The molecule has 5 heteroatoms. The van der Waals surface area contributed by atoms with Crippen LogP contribution in [0, 0.1) is 11.3 Å². The van der Waals surface area contributed by atoms with E-state index in [1.807, 2.05) is 45.2 Å². The molecule has 0 radical (unpaired) electrons. The number of hydrogen-bond acceptors (Lipinski definition) is 4. The van der Waals surface area contributed by atoms with E-state index in [9.17, 15) is 4.79 Å². The average Bonchev–Trinajstić information content (AvgIpc) is 2.46. The van der Waals surface area contributed by atoms with Crippen LogP contribution in [0.3, 0.4) is 0 Å². The second-order valence-corrected chi connectivity index (χ2v) is 5.10. The zero-order chi connectivity index (χ0) is 15.1. The molecule has 1 amide bonds. The largest absolute Gasteiger partial charge is 0.298 e. The zero-order valence-electron chi connectivity index (χ0n) is 12.3. The maximum atomic E-state index is 11.5. The minimum Gasteiger partial charge on any atom is -0.298 e. The number of hydrazine groups is 1. The third-order valence-electron chi connectivity index (χ3n) is 3.59. The second-order valence-electron chi connectivity index (χ2n) is 5.10. The molecule has 0 saturated carbocycles.